The maximum absolute atomic E-state index is 13.7. The van der Waals surface area contributed by atoms with Gasteiger partial charge >= 0.3 is 12.2 Å². The minimum Gasteiger partial charge on any atom is -0.379 e. The Morgan fingerprint density at radius 2 is 2.09 bits per heavy atom. The zero-order valence-electron chi connectivity index (χ0n) is 19.0. The van der Waals surface area contributed by atoms with Crippen molar-refractivity contribution in [1.29, 1.82) is 0 Å². The van der Waals surface area contributed by atoms with Crippen molar-refractivity contribution < 1.29 is 22.7 Å². The van der Waals surface area contributed by atoms with E-state index in [2.05, 4.69) is 27.3 Å². The zero-order chi connectivity index (χ0) is 24.3. The number of urea groups is 1. The number of halogens is 3. The molecule has 4 atom stereocenters. The van der Waals surface area contributed by atoms with Gasteiger partial charge in [-0.1, -0.05) is 6.92 Å². The Labute approximate surface area is 194 Å². The highest BCUT2D eigenvalue weighted by atomic mass is 19.4. The normalized spacial score (nSPS) is 25.2. The van der Waals surface area contributed by atoms with E-state index >= 15 is 0 Å². The molecule has 5 rings (SSSR count). The standard InChI is InChI=1S/C23H25F3N6O2/c1-13-7-16-10-22(9-13,14(2)34-3)32(16)21(33)29-19-8-17(18(12-27-19)23(24,25)26)20-28-11-15-5-4-6-31(15)30-20/h4-6,8,11-14,16H,7,9-10H2,1-3H3,(H,27,29,33)/t13-,14+,16-,22+/m0/s1. The molecule has 8 nitrogen and oxygen atoms in total. The van der Waals surface area contributed by atoms with Crippen molar-refractivity contribution in [2.45, 2.75) is 57.0 Å². The zero-order valence-corrected chi connectivity index (χ0v) is 19.0. The molecule has 1 N–H and O–H groups in total. The number of amides is 2. The van der Waals surface area contributed by atoms with E-state index in [4.69, 9.17) is 4.74 Å². The fourth-order valence-corrected chi connectivity index (χ4v) is 5.55. The van der Waals surface area contributed by atoms with E-state index in [-0.39, 0.29) is 29.4 Å². The summed E-state index contributed by atoms with van der Waals surface area (Å²) in [5, 5.41) is 6.90. The van der Waals surface area contributed by atoms with E-state index in [9.17, 15) is 18.0 Å². The van der Waals surface area contributed by atoms with Crippen LogP contribution in [-0.2, 0) is 10.9 Å². The second kappa shape index (κ2) is 7.93. The second-order valence-corrected chi connectivity index (χ2v) is 9.26. The van der Waals surface area contributed by atoms with Crippen LogP contribution in [0.3, 0.4) is 0 Å². The lowest BCUT2D eigenvalue weighted by atomic mass is 9.62. The average molecular weight is 474 g/mol. The molecular weight excluding hydrogens is 449 g/mol. The second-order valence-electron chi connectivity index (χ2n) is 9.26. The molecule has 2 bridgehead atoms. The topological polar surface area (TPSA) is 84.7 Å². The van der Waals surface area contributed by atoms with Crippen LogP contribution in [0.5, 0.6) is 0 Å². The third-order valence-electron chi connectivity index (χ3n) is 7.11. The number of anilines is 1. The summed E-state index contributed by atoms with van der Waals surface area (Å²) in [4.78, 5) is 23.0. The maximum atomic E-state index is 13.7. The molecule has 1 saturated heterocycles. The van der Waals surface area contributed by atoms with Gasteiger partial charge in [0.25, 0.3) is 0 Å². The molecule has 34 heavy (non-hydrogen) atoms. The van der Waals surface area contributed by atoms with Crippen molar-refractivity contribution in [2.24, 2.45) is 5.92 Å². The maximum Gasteiger partial charge on any atom is 0.418 e. The highest BCUT2D eigenvalue weighted by Crippen LogP contribution is 2.52. The number of likely N-dealkylation sites (tertiary alicyclic amines) is 1. The van der Waals surface area contributed by atoms with Crippen molar-refractivity contribution in [2.75, 3.05) is 12.4 Å². The third kappa shape index (κ3) is 3.58. The first-order chi connectivity index (χ1) is 16.1. The number of ether oxygens (including phenoxy) is 1. The van der Waals surface area contributed by atoms with Crippen LogP contribution in [-0.4, -0.2) is 55.3 Å². The molecule has 2 aliphatic rings. The molecule has 1 saturated carbocycles. The van der Waals surface area contributed by atoms with E-state index in [1.807, 2.05) is 6.92 Å². The van der Waals surface area contributed by atoms with Crippen LogP contribution < -0.4 is 5.32 Å². The lowest BCUT2D eigenvalue weighted by Gasteiger charge is -2.65. The molecule has 3 aromatic rings. The van der Waals surface area contributed by atoms with Crippen LogP contribution in [0.2, 0.25) is 0 Å². The molecule has 2 amide bonds. The van der Waals surface area contributed by atoms with Crippen molar-refractivity contribution >= 4 is 17.4 Å². The van der Waals surface area contributed by atoms with Gasteiger partial charge < -0.3 is 9.64 Å². The predicted octanol–water partition coefficient (Wildman–Crippen LogP) is 4.62. The van der Waals surface area contributed by atoms with Crippen LogP contribution in [0.4, 0.5) is 23.8 Å². The minimum absolute atomic E-state index is 0.00226. The van der Waals surface area contributed by atoms with Crippen molar-refractivity contribution in [1.82, 2.24) is 24.5 Å². The third-order valence-corrected chi connectivity index (χ3v) is 7.11. The van der Waals surface area contributed by atoms with Crippen LogP contribution in [0, 0.1) is 5.92 Å². The summed E-state index contributed by atoms with van der Waals surface area (Å²) >= 11 is 0. The number of piperidine rings is 1. The molecular formula is C23H25F3N6O2. The molecule has 3 aromatic heterocycles. The predicted molar refractivity (Wildman–Crippen MR) is 118 cm³/mol. The van der Waals surface area contributed by atoms with Gasteiger partial charge in [-0.15, -0.1) is 5.10 Å². The van der Waals surface area contributed by atoms with Gasteiger partial charge in [-0.2, -0.15) is 13.2 Å². The largest absolute Gasteiger partial charge is 0.418 e. The fraction of sp³-hybridized carbons (Fsp3) is 0.478. The first-order valence-corrected chi connectivity index (χ1v) is 11.1. The van der Waals surface area contributed by atoms with E-state index in [1.54, 1.807) is 30.3 Å². The van der Waals surface area contributed by atoms with Gasteiger partial charge in [0, 0.05) is 31.1 Å². The lowest BCUT2D eigenvalue weighted by molar-refractivity contribution is -0.155. The fourth-order valence-electron chi connectivity index (χ4n) is 5.55. The summed E-state index contributed by atoms with van der Waals surface area (Å²) in [6, 6.07) is 4.31. The number of rotatable bonds is 4. The molecule has 4 heterocycles. The number of aromatic nitrogens is 4. The Morgan fingerprint density at radius 1 is 1.29 bits per heavy atom. The monoisotopic (exact) mass is 474 g/mol. The molecule has 0 aromatic carbocycles. The summed E-state index contributed by atoms with van der Waals surface area (Å²) in [6.45, 7) is 4.10. The van der Waals surface area contributed by atoms with E-state index in [0.717, 1.165) is 19.3 Å². The number of nitrogens with one attached hydrogen (secondary N) is 1. The van der Waals surface area contributed by atoms with E-state index < -0.39 is 23.3 Å². The number of carbonyl (C=O) groups excluding carboxylic acids is 1. The molecule has 0 unspecified atom stereocenters. The van der Waals surface area contributed by atoms with E-state index in [1.165, 1.54) is 16.8 Å². The smallest absolute Gasteiger partial charge is 0.379 e. The van der Waals surface area contributed by atoms with Crippen LogP contribution in [0.1, 0.15) is 38.7 Å². The van der Waals surface area contributed by atoms with Gasteiger partial charge in [-0.3, -0.25) is 5.32 Å². The Kier molecular flexibility index (Phi) is 5.27. The number of pyridine rings is 1. The molecule has 2 fully saturated rings. The molecule has 180 valence electrons. The van der Waals surface area contributed by atoms with Crippen LogP contribution >= 0.6 is 0 Å². The summed E-state index contributed by atoms with van der Waals surface area (Å²) in [7, 11) is 1.62. The van der Waals surface area contributed by atoms with Gasteiger partial charge in [0.2, 0.25) is 0 Å². The SMILES string of the molecule is CO[C@H](C)[C@@]12C[C@@H](C)C[C@@H](C1)N2C(=O)Nc1cc(-c2ncc3cccn3n2)c(C(F)(F)F)cn1. The number of carbonyl (C=O) groups is 1. The van der Waals surface area contributed by atoms with Crippen LogP contribution in [0.25, 0.3) is 16.9 Å². The molecule has 1 aliphatic carbocycles. The quantitative estimate of drug-likeness (QED) is 0.597. The molecule has 1 aliphatic heterocycles. The van der Waals surface area contributed by atoms with Gasteiger partial charge in [-0.25, -0.2) is 19.3 Å². The number of fused-ring (bicyclic) bond motifs is 3. The average Bonchev–Trinajstić information content (AvgIpc) is 3.25. The van der Waals surface area contributed by atoms with Gasteiger partial charge in [0.05, 0.1) is 28.9 Å². The first-order valence-electron chi connectivity index (χ1n) is 11.1. The molecule has 11 heteroatoms. The Morgan fingerprint density at radius 3 is 2.82 bits per heavy atom. The Bertz CT molecular complexity index is 1240. The van der Waals surface area contributed by atoms with Crippen molar-refractivity contribution in [3.05, 3.63) is 42.4 Å². The molecule has 0 spiro atoms. The Balaban J connectivity index is 1.48. The number of nitrogens with zero attached hydrogens (tertiary/aromatic N) is 5. The summed E-state index contributed by atoms with van der Waals surface area (Å²) in [6.07, 6.45) is 1.47. The number of alkyl halides is 3. The minimum atomic E-state index is -4.66. The lowest BCUT2D eigenvalue weighted by Crippen LogP contribution is -2.76. The van der Waals surface area contributed by atoms with Gasteiger partial charge in [0.1, 0.15) is 5.82 Å². The first kappa shape index (κ1) is 22.6. The van der Waals surface area contributed by atoms with Crippen LogP contribution in [0.15, 0.2) is 36.8 Å². The highest BCUT2D eigenvalue weighted by Gasteiger charge is 2.61. The summed E-state index contributed by atoms with van der Waals surface area (Å²) < 4.78 is 48.2. The van der Waals surface area contributed by atoms with Crippen molar-refractivity contribution in [3.8, 4) is 11.4 Å². The van der Waals surface area contributed by atoms with Crippen molar-refractivity contribution in [3.63, 3.8) is 0 Å². The molecule has 0 radical (unpaired) electrons. The highest BCUT2D eigenvalue weighted by molar-refractivity contribution is 5.91. The van der Waals surface area contributed by atoms with E-state index in [0.29, 0.717) is 17.6 Å². The number of hydrogen-bond acceptors (Lipinski definition) is 5. The van der Waals surface area contributed by atoms with Gasteiger partial charge in [0.15, 0.2) is 5.82 Å². The summed E-state index contributed by atoms with van der Waals surface area (Å²) in [5.41, 5.74) is -1.02. The number of methoxy groups -OCH3 is 1. The number of hydrogen-bond donors (Lipinski definition) is 1. The van der Waals surface area contributed by atoms with Gasteiger partial charge in [-0.05, 0) is 50.3 Å². The summed E-state index contributed by atoms with van der Waals surface area (Å²) in [5.74, 6) is 0.340. The Hall–Kier alpha value is -3.21.